The number of rotatable bonds is 7. The number of anilines is 1. The standard InChI is InChI=1S/C28H29N3O4S/c1-6-11-34-19-9-7-18(8-10-19)24-23-25(32)20-13-16(4)17(5)14-21(20)35-26(23)27(33)31(24)28-30-29-22(36-28)12-15(2)3/h7-10,13-15,24H,6,11-12H2,1-5H3. The number of benzene rings is 2. The largest absolute Gasteiger partial charge is 0.494 e. The third kappa shape index (κ3) is 4.19. The molecule has 1 aliphatic rings. The van der Waals surface area contributed by atoms with Gasteiger partial charge in [-0.2, -0.15) is 0 Å². The minimum Gasteiger partial charge on any atom is -0.494 e. The van der Waals surface area contributed by atoms with E-state index >= 15 is 0 Å². The molecule has 0 N–H and O–H groups in total. The average Bonchev–Trinajstić information content (AvgIpc) is 3.41. The van der Waals surface area contributed by atoms with Crippen LogP contribution in [0.1, 0.15) is 71.1 Å². The summed E-state index contributed by atoms with van der Waals surface area (Å²) < 4.78 is 11.9. The summed E-state index contributed by atoms with van der Waals surface area (Å²) in [6.07, 6.45) is 1.67. The maximum atomic E-state index is 13.9. The van der Waals surface area contributed by atoms with Gasteiger partial charge in [0, 0.05) is 6.42 Å². The van der Waals surface area contributed by atoms with Crippen molar-refractivity contribution in [2.24, 2.45) is 5.92 Å². The molecule has 0 saturated heterocycles. The van der Waals surface area contributed by atoms with Gasteiger partial charge in [0.1, 0.15) is 16.3 Å². The van der Waals surface area contributed by atoms with Gasteiger partial charge in [0.2, 0.25) is 10.9 Å². The van der Waals surface area contributed by atoms with Crippen molar-refractivity contribution in [3.8, 4) is 5.75 Å². The van der Waals surface area contributed by atoms with E-state index in [0.717, 1.165) is 40.3 Å². The fourth-order valence-corrected chi connectivity index (χ4v) is 5.56. The van der Waals surface area contributed by atoms with Gasteiger partial charge in [0.05, 0.1) is 23.6 Å². The highest BCUT2D eigenvalue weighted by Gasteiger charge is 2.45. The number of amides is 1. The third-order valence-electron chi connectivity index (χ3n) is 6.40. The Hall–Kier alpha value is -3.52. The SMILES string of the molecule is CCCOc1ccc(C2c3c(oc4cc(C)c(C)cc4c3=O)C(=O)N2c2nnc(CC(C)C)s2)cc1. The molecule has 186 valence electrons. The van der Waals surface area contributed by atoms with Crippen LogP contribution in [0.2, 0.25) is 0 Å². The van der Waals surface area contributed by atoms with Crippen LogP contribution in [0, 0.1) is 19.8 Å². The molecule has 36 heavy (non-hydrogen) atoms. The van der Waals surface area contributed by atoms with E-state index in [-0.39, 0.29) is 17.1 Å². The predicted molar refractivity (Wildman–Crippen MR) is 141 cm³/mol. The van der Waals surface area contributed by atoms with Gasteiger partial charge in [-0.15, -0.1) is 10.2 Å². The second-order valence-corrected chi connectivity index (χ2v) is 10.7. The zero-order chi connectivity index (χ0) is 25.6. The first-order valence-corrected chi connectivity index (χ1v) is 13.1. The lowest BCUT2D eigenvalue weighted by Gasteiger charge is -2.22. The molecule has 3 heterocycles. The fourth-order valence-electron chi connectivity index (χ4n) is 4.48. The van der Waals surface area contributed by atoms with Gasteiger partial charge >= 0.3 is 0 Å². The minimum atomic E-state index is -0.671. The first-order valence-electron chi connectivity index (χ1n) is 12.2. The van der Waals surface area contributed by atoms with Gasteiger partial charge in [-0.05, 0) is 67.1 Å². The van der Waals surface area contributed by atoms with Crippen LogP contribution in [0.5, 0.6) is 5.75 Å². The van der Waals surface area contributed by atoms with Crippen LogP contribution in [0.25, 0.3) is 11.0 Å². The summed E-state index contributed by atoms with van der Waals surface area (Å²) in [5.41, 5.74) is 3.31. The van der Waals surface area contributed by atoms with E-state index in [1.54, 1.807) is 4.90 Å². The quantitative estimate of drug-likeness (QED) is 0.308. The third-order valence-corrected chi connectivity index (χ3v) is 7.35. The van der Waals surface area contributed by atoms with E-state index in [0.29, 0.717) is 34.2 Å². The van der Waals surface area contributed by atoms with Crippen molar-refractivity contribution in [3.05, 3.63) is 79.6 Å². The molecule has 1 atom stereocenters. The highest BCUT2D eigenvalue weighted by atomic mass is 32.1. The first kappa shape index (κ1) is 24.2. The van der Waals surface area contributed by atoms with Gasteiger partial charge in [-0.1, -0.05) is 44.2 Å². The Labute approximate surface area is 213 Å². The van der Waals surface area contributed by atoms with Crippen LogP contribution in [0.15, 0.2) is 45.6 Å². The number of fused-ring (bicyclic) bond motifs is 2. The number of carbonyl (C=O) groups excluding carboxylic acids is 1. The van der Waals surface area contributed by atoms with Gasteiger partial charge < -0.3 is 9.15 Å². The summed E-state index contributed by atoms with van der Waals surface area (Å²) in [5.74, 6) is 0.825. The first-order chi connectivity index (χ1) is 17.3. The normalized spacial score (nSPS) is 15.2. The molecule has 5 rings (SSSR count). The maximum absolute atomic E-state index is 13.9. The van der Waals surface area contributed by atoms with E-state index < -0.39 is 6.04 Å². The average molecular weight is 504 g/mol. The number of nitrogens with zero attached hydrogens (tertiary/aromatic N) is 3. The lowest BCUT2D eigenvalue weighted by molar-refractivity contribution is 0.0970. The van der Waals surface area contributed by atoms with Crippen molar-refractivity contribution < 1.29 is 13.9 Å². The monoisotopic (exact) mass is 503 g/mol. The van der Waals surface area contributed by atoms with Gasteiger partial charge in [0.15, 0.2) is 5.43 Å². The highest BCUT2D eigenvalue weighted by molar-refractivity contribution is 7.15. The second kappa shape index (κ2) is 9.50. The van der Waals surface area contributed by atoms with Crippen LogP contribution in [-0.4, -0.2) is 22.7 Å². The van der Waals surface area contributed by atoms with Crippen molar-refractivity contribution in [2.75, 3.05) is 11.5 Å². The van der Waals surface area contributed by atoms with Crippen LogP contribution in [-0.2, 0) is 6.42 Å². The van der Waals surface area contributed by atoms with Crippen molar-refractivity contribution in [2.45, 2.75) is 53.5 Å². The Balaban J connectivity index is 1.69. The topological polar surface area (TPSA) is 85.5 Å². The summed E-state index contributed by atoms with van der Waals surface area (Å²) in [7, 11) is 0. The molecule has 8 heteroatoms. The molecule has 0 saturated carbocycles. The number of aromatic nitrogens is 2. The molecular formula is C28H29N3O4S. The van der Waals surface area contributed by atoms with E-state index in [1.807, 2.05) is 50.2 Å². The molecular weight excluding hydrogens is 474 g/mol. The molecule has 0 aliphatic carbocycles. The molecule has 1 aliphatic heterocycles. The summed E-state index contributed by atoms with van der Waals surface area (Å²) in [6.45, 7) is 10.8. The lowest BCUT2D eigenvalue weighted by Crippen LogP contribution is -2.29. The molecule has 2 aromatic heterocycles. The van der Waals surface area contributed by atoms with E-state index in [2.05, 4.69) is 31.0 Å². The lowest BCUT2D eigenvalue weighted by atomic mass is 9.97. The van der Waals surface area contributed by atoms with Crippen molar-refractivity contribution in [3.63, 3.8) is 0 Å². The van der Waals surface area contributed by atoms with Crippen LogP contribution in [0.3, 0.4) is 0 Å². The minimum absolute atomic E-state index is 0.0627. The Bertz CT molecular complexity index is 1500. The Kier molecular flexibility index (Phi) is 6.38. The molecule has 2 aromatic carbocycles. The van der Waals surface area contributed by atoms with Crippen LogP contribution >= 0.6 is 11.3 Å². The summed E-state index contributed by atoms with van der Waals surface area (Å²) in [6, 6.07) is 10.5. The zero-order valence-corrected chi connectivity index (χ0v) is 21.9. The summed E-state index contributed by atoms with van der Waals surface area (Å²) >= 11 is 1.38. The Morgan fingerprint density at radius 2 is 1.81 bits per heavy atom. The van der Waals surface area contributed by atoms with E-state index in [1.165, 1.54) is 11.3 Å². The van der Waals surface area contributed by atoms with Gasteiger partial charge in [-0.25, -0.2) is 0 Å². The molecule has 1 amide bonds. The smallest absolute Gasteiger partial charge is 0.297 e. The van der Waals surface area contributed by atoms with E-state index in [9.17, 15) is 9.59 Å². The summed E-state index contributed by atoms with van der Waals surface area (Å²) in [5, 5.41) is 10.4. The van der Waals surface area contributed by atoms with Crippen LogP contribution < -0.4 is 15.1 Å². The fraction of sp³-hybridized carbons (Fsp3) is 0.357. The molecule has 0 spiro atoms. The number of aryl methyl sites for hydroxylation is 2. The number of ether oxygens (including phenoxy) is 1. The van der Waals surface area contributed by atoms with Crippen molar-refractivity contribution >= 4 is 33.3 Å². The van der Waals surface area contributed by atoms with Crippen LogP contribution in [0.4, 0.5) is 5.13 Å². The zero-order valence-electron chi connectivity index (χ0n) is 21.1. The van der Waals surface area contributed by atoms with Crippen molar-refractivity contribution in [1.29, 1.82) is 0 Å². The molecule has 0 fully saturated rings. The number of carbonyl (C=O) groups is 1. The van der Waals surface area contributed by atoms with Gasteiger partial charge in [0.25, 0.3) is 5.91 Å². The maximum Gasteiger partial charge on any atom is 0.297 e. The number of hydrogen-bond acceptors (Lipinski definition) is 7. The predicted octanol–water partition coefficient (Wildman–Crippen LogP) is 6.00. The van der Waals surface area contributed by atoms with E-state index in [4.69, 9.17) is 9.15 Å². The molecule has 7 nitrogen and oxygen atoms in total. The molecule has 4 aromatic rings. The Morgan fingerprint density at radius 1 is 1.08 bits per heavy atom. The highest BCUT2D eigenvalue weighted by Crippen LogP contribution is 2.42. The Morgan fingerprint density at radius 3 is 2.50 bits per heavy atom. The molecule has 1 unspecified atom stereocenters. The summed E-state index contributed by atoms with van der Waals surface area (Å²) in [4.78, 5) is 29.2. The van der Waals surface area contributed by atoms with Gasteiger partial charge in [-0.3, -0.25) is 14.5 Å². The molecule has 0 radical (unpaired) electrons. The van der Waals surface area contributed by atoms with Crippen molar-refractivity contribution in [1.82, 2.24) is 10.2 Å². The second-order valence-electron chi connectivity index (χ2n) is 9.68. The number of hydrogen-bond donors (Lipinski definition) is 0. The molecule has 0 bridgehead atoms.